The molecule has 3 N–H and O–H groups in total. The van der Waals surface area contributed by atoms with Crippen LogP contribution < -0.4 is 5.32 Å². The van der Waals surface area contributed by atoms with Crippen LogP contribution in [0.2, 0.25) is 0 Å². The van der Waals surface area contributed by atoms with Gasteiger partial charge >= 0.3 is 0 Å². The van der Waals surface area contributed by atoms with E-state index in [1.54, 1.807) is 18.2 Å². The molecule has 0 bridgehead atoms. The number of amides is 1. The van der Waals surface area contributed by atoms with Gasteiger partial charge in [-0.1, -0.05) is 24.0 Å². The molecule has 0 fully saturated rings. The van der Waals surface area contributed by atoms with Crippen LogP contribution in [0.3, 0.4) is 0 Å². The molecule has 1 aromatic heterocycles. The Hall–Kier alpha value is -2.65. The summed E-state index contributed by atoms with van der Waals surface area (Å²) < 4.78 is 0. The van der Waals surface area contributed by atoms with E-state index in [4.69, 9.17) is 5.11 Å². The first-order valence-corrected chi connectivity index (χ1v) is 5.67. The number of benzene rings is 1. The van der Waals surface area contributed by atoms with Gasteiger partial charge in [0.05, 0.1) is 18.5 Å². The van der Waals surface area contributed by atoms with Crippen LogP contribution in [0.15, 0.2) is 30.5 Å². The molecule has 0 aliphatic rings. The Balaban J connectivity index is 2.17. The zero-order chi connectivity index (χ0) is 13.5. The molecule has 0 spiro atoms. The van der Waals surface area contributed by atoms with Crippen molar-refractivity contribution in [2.24, 2.45) is 0 Å². The van der Waals surface area contributed by atoms with Crippen LogP contribution >= 0.6 is 0 Å². The van der Waals surface area contributed by atoms with E-state index in [1.807, 2.05) is 6.07 Å². The minimum absolute atomic E-state index is 0.0144. The number of aromatic nitrogens is 3. The number of anilines is 1. The van der Waals surface area contributed by atoms with Gasteiger partial charge in [-0.15, -0.1) is 0 Å². The lowest BCUT2D eigenvalue weighted by Crippen LogP contribution is -2.13. The maximum Gasteiger partial charge on any atom is 0.277 e. The lowest BCUT2D eigenvalue weighted by atomic mass is 10.1. The van der Waals surface area contributed by atoms with E-state index in [-0.39, 0.29) is 18.2 Å². The number of carbonyl (C=O) groups is 1. The molecule has 1 amide bonds. The molecule has 0 unspecified atom stereocenters. The second kappa shape index (κ2) is 6.33. The lowest BCUT2D eigenvalue weighted by molar-refractivity contribution is 0.102. The van der Waals surface area contributed by atoms with E-state index >= 15 is 0 Å². The van der Waals surface area contributed by atoms with Crippen molar-refractivity contribution in [1.82, 2.24) is 15.4 Å². The van der Waals surface area contributed by atoms with E-state index in [2.05, 4.69) is 32.6 Å². The first kappa shape index (κ1) is 12.8. The summed E-state index contributed by atoms with van der Waals surface area (Å²) in [6, 6.07) is 7.17. The Morgan fingerprint density at radius 1 is 1.42 bits per heavy atom. The fourth-order valence-electron chi connectivity index (χ4n) is 1.41. The predicted molar refractivity (Wildman–Crippen MR) is 69.4 cm³/mol. The number of para-hydroxylation sites is 1. The number of carbonyl (C=O) groups excluding carboxylic acids is 1. The van der Waals surface area contributed by atoms with E-state index < -0.39 is 0 Å². The predicted octanol–water partition coefficient (Wildman–Crippen LogP) is 0.791. The van der Waals surface area contributed by atoms with Gasteiger partial charge in [-0.3, -0.25) is 4.79 Å². The van der Waals surface area contributed by atoms with Crippen molar-refractivity contribution in [2.75, 3.05) is 11.9 Å². The normalized spacial score (nSPS) is 9.53. The fourth-order valence-corrected chi connectivity index (χ4v) is 1.41. The molecule has 0 radical (unpaired) electrons. The van der Waals surface area contributed by atoms with Crippen LogP contribution in [0.1, 0.15) is 22.5 Å². The molecular formula is C13H12N4O2. The highest BCUT2D eigenvalue weighted by molar-refractivity contribution is 6.03. The number of rotatable bonds is 3. The van der Waals surface area contributed by atoms with Crippen LogP contribution in [0, 0.1) is 11.8 Å². The third kappa shape index (κ3) is 3.40. The number of aromatic amines is 1. The third-order valence-corrected chi connectivity index (χ3v) is 2.28. The Bertz CT molecular complexity index is 611. The van der Waals surface area contributed by atoms with Gasteiger partial charge in [0.15, 0.2) is 5.69 Å². The summed E-state index contributed by atoms with van der Waals surface area (Å²) >= 11 is 0. The van der Waals surface area contributed by atoms with Gasteiger partial charge in [0.1, 0.15) is 0 Å². The summed E-state index contributed by atoms with van der Waals surface area (Å²) in [5, 5.41) is 21.1. The summed E-state index contributed by atoms with van der Waals surface area (Å²) in [5.41, 5.74) is 1.49. The molecule has 1 aromatic carbocycles. The highest BCUT2D eigenvalue weighted by Gasteiger charge is 2.10. The average molecular weight is 256 g/mol. The van der Waals surface area contributed by atoms with Crippen LogP contribution in [0.4, 0.5) is 5.69 Å². The minimum atomic E-state index is -0.356. The van der Waals surface area contributed by atoms with Crippen molar-refractivity contribution >= 4 is 11.6 Å². The van der Waals surface area contributed by atoms with Gasteiger partial charge in [-0.25, -0.2) is 0 Å². The second-order valence-electron chi connectivity index (χ2n) is 3.63. The Morgan fingerprint density at radius 2 is 2.26 bits per heavy atom. The molecule has 0 atom stereocenters. The van der Waals surface area contributed by atoms with Crippen molar-refractivity contribution in [3.8, 4) is 11.8 Å². The van der Waals surface area contributed by atoms with Crippen molar-refractivity contribution in [1.29, 1.82) is 0 Å². The highest BCUT2D eigenvalue weighted by atomic mass is 16.2. The standard InChI is InChI=1S/C13H12N4O2/c18-8-4-3-6-10-5-1-2-7-11(10)15-13(19)12-9-14-17-16-12/h1-2,5,7,9,18H,4,8H2,(H,15,19)(H,14,16,17). The first-order valence-electron chi connectivity index (χ1n) is 5.67. The molecular weight excluding hydrogens is 244 g/mol. The number of hydrogen-bond donors (Lipinski definition) is 3. The van der Waals surface area contributed by atoms with Gasteiger partial charge < -0.3 is 10.4 Å². The smallest absolute Gasteiger partial charge is 0.277 e. The van der Waals surface area contributed by atoms with E-state index in [0.717, 1.165) is 0 Å². The van der Waals surface area contributed by atoms with Gasteiger partial charge in [-0.2, -0.15) is 15.4 Å². The maximum absolute atomic E-state index is 11.8. The maximum atomic E-state index is 11.8. The third-order valence-electron chi connectivity index (χ3n) is 2.28. The van der Waals surface area contributed by atoms with E-state index in [1.165, 1.54) is 6.20 Å². The van der Waals surface area contributed by atoms with E-state index in [9.17, 15) is 4.79 Å². The Kier molecular flexibility index (Phi) is 4.26. The summed E-state index contributed by atoms with van der Waals surface area (Å²) in [6.45, 7) is 0.0144. The summed E-state index contributed by atoms with van der Waals surface area (Å²) in [5.74, 6) is 5.35. The van der Waals surface area contributed by atoms with Gasteiger partial charge in [0.2, 0.25) is 0 Å². The molecule has 6 nitrogen and oxygen atoms in total. The molecule has 96 valence electrons. The molecule has 0 saturated heterocycles. The number of hydrogen-bond acceptors (Lipinski definition) is 4. The van der Waals surface area contributed by atoms with Gasteiger partial charge in [0.25, 0.3) is 5.91 Å². The Labute approximate surface area is 109 Å². The number of aliphatic hydroxyl groups excluding tert-OH is 1. The number of H-pyrrole nitrogens is 1. The largest absolute Gasteiger partial charge is 0.395 e. The average Bonchev–Trinajstić information content (AvgIpc) is 2.95. The Morgan fingerprint density at radius 3 is 3.00 bits per heavy atom. The number of nitrogens with zero attached hydrogens (tertiary/aromatic N) is 2. The van der Waals surface area contributed by atoms with Crippen LogP contribution in [0.25, 0.3) is 0 Å². The van der Waals surface area contributed by atoms with Crippen LogP contribution in [-0.2, 0) is 0 Å². The van der Waals surface area contributed by atoms with Crippen molar-refractivity contribution < 1.29 is 9.90 Å². The monoisotopic (exact) mass is 256 g/mol. The molecule has 2 aromatic rings. The first-order chi connectivity index (χ1) is 9.31. The van der Waals surface area contributed by atoms with Crippen molar-refractivity contribution in [2.45, 2.75) is 6.42 Å². The molecule has 0 aliphatic carbocycles. The van der Waals surface area contributed by atoms with Crippen LogP contribution in [-0.4, -0.2) is 33.0 Å². The molecule has 0 aliphatic heterocycles. The van der Waals surface area contributed by atoms with Crippen LogP contribution in [0.5, 0.6) is 0 Å². The summed E-state index contributed by atoms with van der Waals surface area (Å²) in [7, 11) is 0. The minimum Gasteiger partial charge on any atom is -0.395 e. The lowest BCUT2D eigenvalue weighted by Gasteiger charge is -2.05. The molecule has 2 rings (SSSR count). The van der Waals surface area contributed by atoms with Crippen molar-refractivity contribution in [3.63, 3.8) is 0 Å². The van der Waals surface area contributed by atoms with Crippen molar-refractivity contribution in [3.05, 3.63) is 41.7 Å². The molecule has 19 heavy (non-hydrogen) atoms. The zero-order valence-corrected chi connectivity index (χ0v) is 10.1. The summed E-state index contributed by atoms with van der Waals surface area (Å²) in [4.78, 5) is 11.8. The topological polar surface area (TPSA) is 90.9 Å². The number of nitrogens with one attached hydrogen (secondary N) is 2. The SMILES string of the molecule is O=C(Nc1ccccc1C#CCCO)c1cn[nH]n1. The molecule has 0 saturated carbocycles. The summed E-state index contributed by atoms with van der Waals surface area (Å²) in [6.07, 6.45) is 1.74. The molecule has 6 heteroatoms. The van der Waals surface area contributed by atoms with E-state index in [0.29, 0.717) is 17.7 Å². The van der Waals surface area contributed by atoms with Gasteiger partial charge in [-0.05, 0) is 12.1 Å². The fraction of sp³-hybridized carbons (Fsp3) is 0.154. The zero-order valence-electron chi connectivity index (χ0n) is 10.1. The molecule has 1 heterocycles. The van der Waals surface area contributed by atoms with Gasteiger partial charge in [0, 0.05) is 12.0 Å². The quantitative estimate of drug-likeness (QED) is 0.708. The highest BCUT2D eigenvalue weighted by Crippen LogP contribution is 2.14. The number of aliphatic hydroxyl groups is 1. The second-order valence-corrected chi connectivity index (χ2v) is 3.63.